The van der Waals surface area contributed by atoms with Crippen molar-refractivity contribution in [2.24, 2.45) is 0 Å². The van der Waals surface area contributed by atoms with Gasteiger partial charge in [0.25, 0.3) is 0 Å². The zero-order chi connectivity index (χ0) is 14.3. The highest BCUT2D eigenvalue weighted by atomic mass is 16.5. The van der Waals surface area contributed by atoms with Crippen molar-refractivity contribution in [3.8, 4) is 0 Å². The molecule has 1 aromatic carbocycles. The Labute approximate surface area is 128 Å². The monoisotopic (exact) mass is 288 g/mol. The van der Waals surface area contributed by atoms with Gasteiger partial charge in [0.15, 0.2) is 0 Å². The summed E-state index contributed by atoms with van der Waals surface area (Å²) in [5.74, 6) is 0. The SMILES string of the molecule is c1ccc([C@@H](CN2CCCCC2)NCC2CCCO2)cc1. The summed E-state index contributed by atoms with van der Waals surface area (Å²) in [5.41, 5.74) is 1.40. The summed E-state index contributed by atoms with van der Waals surface area (Å²) in [4.78, 5) is 2.61. The van der Waals surface area contributed by atoms with E-state index in [4.69, 9.17) is 4.74 Å². The molecule has 0 aliphatic carbocycles. The van der Waals surface area contributed by atoms with E-state index in [0.717, 1.165) is 19.7 Å². The number of hydrogen-bond donors (Lipinski definition) is 1. The van der Waals surface area contributed by atoms with Gasteiger partial charge in [-0.25, -0.2) is 0 Å². The van der Waals surface area contributed by atoms with E-state index >= 15 is 0 Å². The van der Waals surface area contributed by atoms with Gasteiger partial charge >= 0.3 is 0 Å². The lowest BCUT2D eigenvalue weighted by molar-refractivity contribution is 0.104. The van der Waals surface area contributed by atoms with Gasteiger partial charge in [-0.3, -0.25) is 0 Å². The quantitative estimate of drug-likeness (QED) is 0.871. The molecule has 0 amide bonds. The van der Waals surface area contributed by atoms with E-state index in [-0.39, 0.29) is 0 Å². The minimum atomic E-state index is 0.414. The van der Waals surface area contributed by atoms with Gasteiger partial charge in [0.1, 0.15) is 0 Å². The highest BCUT2D eigenvalue weighted by Crippen LogP contribution is 2.19. The molecule has 2 saturated heterocycles. The van der Waals surface area contributed by atoms with Gasteiger partial charge in [-0.15, -0.1) is 0 Å². The van der Waals surface area contributed by atoms with Gasteiger partial charge < -0.3 is 15.0 Å². The fraction of sp³-hybridized carbons (Fsp3) is 0.667. The molecule has 116 valence electrons. The van der Waals surface area contributed by atoms with E-state index in [1.807, 2.05) is 0 Å². The van der Waals surface area contributed by atoms with Crippen LogP contribution in [0.2, 0.25) is 0 Å². The van der Waals surface area contributed by atoms with Gasteiger partial charge in [-0.05, 0) is 44.3 Å². The maximum atomic E-state index is 5.75. The highest BCUT2D eigenvalue weighted by molar-refractivity contribution is 5.19. The molecule has 2 fully saturated rings. The molecule has 2 atom stereocenters. The van der Waals surface area contributed by atoms with Crippen molar-refractivity contribution in [2.75, 3.05) is 32.8 Å². The summed E-state index contributed by atoms with van der Waals surface area (Å²) in [7, 11) is 0. The summed E-state index contributed by atoms with van der Waals surface area (Å²) >= 11 is 0. The number of piperidine rings is 1. The fourth-order valence-electron chi connectivity index (χ4n) is 3.45. The normalized spacial score (nSPS) is 25.0. The molecule has 0 bridgehead atoms. The minimum Gasteiger partial charge on any atom is -0.377 e. The Morgan fingerprint density at radius 2 is 1.90 bits per heavy atom. The lowest BCUT2D eigenvalue weighted by Gasteiger charge is -2.31. The van der Waals surface area contributed by atoms with Crippen LogP contribution in [0.1, 0.15) is 43.7 Å². The van der Waals surface area contributed by atoms with Crippen LogP contribution in [0.3, 0.4) is 0 Å². The van der Waals surface area contributed by atoms with E-state index in [0.29, 0.717) is 12.1 Å². The van der Waals surface area contributed by atoms with Crippen molar-refractivity contribution in [3.63, 3.8) is 0 Å². The van der Waals surface area contributed by atoms with Crippen LogP contribution in [0.5, 0.6) is 0 Å². The predicted molar refractivity (Wildman–Crippen MR) is 86.5 cm³/mol. The van der Waals surface area contributed by atoms with Crippen LogP contribution in [0.4, 0.5) is 0 Å². The molecule has 2 aliphatic rings. The topological polar surface area (TPSA) is 24.5 Å². The lowest BCUT2D eigenvalue weighted by Crippen LogP contribution is -2.40. The minimum absolute atomic E-state index is 0.414. The van der Waals surface area contributed by atoms with E-state index in [9.17, 15) is 0 Å². The molecule has 2 heterocycles. The third kappa shape index (κ3) is 4.53. The number of rotatable bonds is 6. The zero-order valence-corrected chi connectivity index (χ0v) is 13.0. The Morgan fingerprint density at radius 1 is 1.10 bits per heavy atom. The van der Waals surface area contributed by atoms with Gasteiger partial charge in [0, 0.05) is 25.7 Å². The van der Waals surface area contributed by atoms with Crippen molar-refractivity contribution in [1.29, 1.82) is 0 Å². The highest BCUT2D eigenvalue weighted by Gasteiger charge is 2.21. The number of hydrogen-bond acceptors (Lipinski definition) is 3. The molecule has 0 aromatic heterocycles. The third-order valence-corrected chi connectivity index (χ3v) is 4.71. The second-order valence-electron chi connectivity index (χ2n) is 6.37. The van der Waals surface area contributed by atoms with Crippen LogP contribution in [-0.2, 0) is 4.74 Å². The van der Waals surface area contributed by atoms with Crippen LogP contribution in [0, 0.1) is 0 Å². The molecule has 3 nitrogen and oxygen atoms in total. The molecular formula is C18H28N2O. The lowest BCUT2D eigenvalue weighted by atomic mass is 10.0. The van der Waals surface area contributed by atoms with Crippen molar-refractivity contribution in [3.05, 3.63) is 35.9 Å². The van der Waals surface area contributed by atoms with Crippen molar-refractivity contribution < 1.29 is 4.74 Å². The average Bonchev–Trinajstić information content (AvgIpc) is 3.07. The number of benzene rings is 1. The first-order valence-corrected chi connectivity index (χ1v) is 8.54. The summed E-state index contributed by atoms with van der Waals surface area (Å²) in [6.45, 7) is 5.55. The Bertz CT molecular complexity index is 397. The molecule has 1 unspecified atom stereocenters. The first-order valence-electron chi connectivity index (χ1n) is 8.54. The number of ether oxygens (including phenoxy) is 1. The van der Waals surface area contributed by atoms with Gasteiger partial charge in [0.05, 0.1) is 6.10 Å². The molecule has 0 spiro atoms. The van der Waals surface area contributed by atoms with E-state index in [1.165, 1.54) is 50.8 Å². The second kappa shape index (κ2) is 7.92. The van der Waals surface area contributed by atoms with Crippen LogP contribution in [0.25, 0.3) is 0 Å². The van der Waals surface area contributed by atoms with Gasteiger partial charge in [-0.1, -0.05) is 36.8 Å². The van der Waals surface area contributed by atoms with Crippen molar-refractivity contribution in [2.45, 2.75) is 44.2 Å². The average molecular weight is 288 g/mol. The maximum absolute atomic E-state index is 5.75. The van der Waals surface area contributed by atoms with Crippen molar-refractivity contribution >= 4 is 0 Å². The summed E-state index contributed by atoms with van der Waals surface area (Å²) in [6.07, 6.45) is 6.95. The van der Waals surface area contributed by atoms with Gasteiger partial charge in [-0.2, -0.15) is 0 Å². The first-order chi connectivity index (χ1) is 10.4. The second-order valence-corrected chi connectivity index (χ2v) is 6.37. The molecule has 21 heavy (non-hydrogen) atoms. The summed E-state index contributed by atoms with van der Waals surface area (Å²) < 4.78 is 5.75. The molecule has 3 rings (SSSR count). The number of likely N-dealkylation sites (tertiary alicyclic amines) is 1. The van der Waals surface area contributed by atoms with Crippen molar-refractivity contribution in [1.82, 2.24) is 10.2 Å². The smallest absolute Gasteiger partial charge is 0.0700 e. The zero-order valence-electron chi connectivity index (χ0n) is 13.0. The molecule has 1 aromatic rings. The maximum Gasteiger partial charge on any atom is 0.0700 e. The molecule has 2 aliphatic heterocycles. The number of nitrogens with zero attached hydrogens (tertiary/aromatic N) is 1. The van der Waals surface area contributed by atoms with E-state index in [2.05, 4.69) is 40.5 Å². The molecule has 0 radical (unpaired) electrons. The molecular weight excluding hydrogens is 260 g/mol. The molecule has 3 heteroatoms. The fourth-order valence-corrected chi connectivity index (χ4v) is 3.45. The third-order valence-electron chi connectivity index (χ3n) is 4.71. The van der Waals surface area contributed by atoms with Crippen LogP contribution in [0.15, 0.2) is 30.3 Å². The Hall–Kier alpha value is -0.900. The van der Waals surface area contributed by atoms with Crippen LogP contribution in [-0.4, -0.2) is 43.8 Å². The van der Waals surface area contributed by atoms with Crippen LogP contribution >= 0.6 is 0 Å². The number of nitrogens with one attached hydrogen (secondary N) is 1. The largest absolute Gasteiger partial charge is 0.377 e. The first kappa shape index (κ1) is 15.0. The van der Waals surface area contributed by atoms with Crippen LogP contribution < -0.4 is 5.32 Å². The Balaban J connectivity index is 1.59. The molecule has 1 N–H and O–H groups in total. The van der Waals surface area contributed by atoms with E-state index < -0.39 is 0 Å². The predicted octanol–water partition coefficient (Wildman–Crippen LogP) is 2.98. The summed E-state index contributed by atoms with van der Waals surface area (Å²) in [6, 6.07) is 11.3. The van der Waals surface area contributed by atoms with E-state index in [1.54, 1.807) is 0 Å². The summed E-state index contributed by atoms with van der Waals surface area (Å²) in [5, 5.41) is 3.76. The Kier molecular flexibility index (Phi) is 5.67. The standard InChI is InChI=1S/C18H28N2O/c1-3-8-16(9-4-1)18(15-20-11-5-2-6-12-20)19-14-17-10-7-13-21-17/h1,3-4,8-9,17-19H,2,5-7,10-15H2/t17?,18-/m1/s1. The Morgan fingerprint density at radius 3 is 2.62 bits per heavy atom. The van der Waals surface area contributed by atoms with Gasteiger partial charge in [0.2, 0.25) is 0 Å². The molecule has 0 saturated carbocycles.